The summed E-state index contributed by atoms with van der Waals surface area (Å²) in [5.41, 5.74) is 0. The molecule has 1 atom stereocenters. The van der Waals surface area contributed by atoms with Crippen molar-refractivity contribution in [3.8, 4) is 5.75 Å². The van der Waals surface area contributed by atoms with E-state index in [0.717, 1.165) is 18.2 Å². The standard InChI is InChI=1S/C7H4ClF3O3S/c8-6-4(14-7(9,10)11)2-1-3-5(6)15(12)13/h1-3H,(H,12,13)/p-1. The molecule has 1 aromatic carbocycles. The van der Waals surface area contributed by atoms with E-state index in [1.807, 2.05) is 0 Å². The lowest BCUT2D eigenvalue weighted by atomic mass is 10.3. The van der Waals surface area contributed by atoms with Crippen LogP contribution >= 0.6 is 11.6 Å². The van der Waals surface area contributed by atoms with Gasteiger partial charge in [0.2, 0.25) is 0 Å². The fourth-order valence-corrected chi connectivity index (χ4v) is 1.61. The first kappa shape index (κ1) is 12.3. The van der Waals surface area contributed by atoms with E-state index >= 15 is 0 Å². The molecule has 0 fully saturated rings. The van der Waals surface area contributed by atoms with Gasteiger partial charge in [-0.25, -0.2) is 0 Å². The van der Waals surface area contributed by atoms with Gasteiger partial charge in [-0.05, 0) is 23.2 Å². The second-order valence-corrected chi connectivity index (χ2v) is 3.64. The summed E-state index contributed by atoms with van der Waals surface area (Å²) < 4.78 is 60.0. The van der Waals surface area contributed by atoms with Gasteiger partial charge in [-0.1, -0.05) is 17.7 Å². The quantitative estimate of drug-likeness (QED) is 0.767. The van der Waals surface area contributed by atoms with Crippen LogP contribution in [-0.4, -0.2) is 15.1 Å². The highest BCUT2D eigenvalue weighted by atomic mass is 35.5. The lowest BCUT2D eigenvalue weighted by molar-refractivity contribution is -0.274. The van der Waals surface area contributed by atoms with Crippen LogP contribution in [0.3, 0.4) is 0 Å². The molecule has 0 aromatic heterocycles. The van der Waals surface area contributed by atoms with Gasteiger partial charge in [-0.15, -0.1) is 13.2 Å². The fourth-order valence-electron chi connectivity index (χ4n) is 0.823. The van der Waals surface area contributed by atoms with Gasteiger partial charge in [0.05, 0.1) is 5.02 Å². The number of hydrogen-bond acceptors (Lipinski definition) is 3. The predicted octanol–water partition coefficient (Wildman–Crippen LogP) is 2.48. The van der Waals surface area contributed by atoms with Crippen LogP contribution in [0.25, 0.3) is 0 Å². The zero-order chi connectivity index (χ0) is 11.6. The molecule has 1 rings (SSSR count). The zero-order valence-corrected chi connectivity index (χ0v) is 8.45. The summed E-state index contributed by atoms with van der Waals surface area (Å²) in [5.74, 6) is -0.745. The molecular weight excluding hydrogens is 257 g/mol. The molecule has 84 valence electrons. The number of alkyl halides is 3. The van der Waals surface area contributed by atoms with Crippen molar-refractivity contribution in [2.75, 3.05) is 0 Å². The van der Waals surface area contributed by atoms with Crippen LogP contribution in [-0.2, 0) is 11.1 Å². The van der Waals surface area contributed by atoms with Crippen LogP contribution < -0.4 is 4.74 Å². The Morgan fingerprint density at radius 1 is 1.40 bits per heavy atom. The van der Waals surface area contributed by atoms with Crippen LogP contribution in [0.1, 0.15) is 0 Å². The summed E-state index contributed by atoms with van der Waals surface area (Å²) >= 11 is 2.68. The molecule has 0 N–H and O–H groups in total. The van der Waals surface area contributed by atoms with Crippen LogP contribution in [0.2, 0.25) is 5.02 Å². The number of rotatable bonds is 2. The van der Waals surface area contributed by atoms with Gasteiger partial charge in [-0.2, -0.15) is 0 Å². The maximum Gasteiger partial charge on any atom is 0.573 e. The molecule has 0 aliphatic heterocycles. The third-order valence-electron chi connectivity index (χ3n) is 1.33. The van der Waals surface area contributed by atoms with Gasteiger partial charge in [0.1, 0.15) is 5.75 Å². The summed E-state index contributed by atoms with van der Waals surface area (Å²) in [6.45, 7) is 0. The van der Waals surface area contributed by atoms with Crippen molar-refractivity contribution < 1.29 is 26.7 Å². The van der Waals surface area contributed by atoms with E-state index in [4.69, 9.17) is 11.6 Å². The molecule has 0 spiro atoms. The molecular formula is C7H3ClF3O3S-. The Labute approximate surface area is 90.1 Å². The molecule has 0 heterocycles. The number of ether oxygens (including phenoxy) is 1. The minimum Gasteiger partial charge on any atom is -0.768 e. The van der Waals surface area contributed by atoms with Gasteiger partial charge in [0, 0.05) is 4.90 Å². The average Bonchev–Trinajstić information content (AvgIpc) is 2.05. The van der Waals surface area contributed by atoms with Gasteiger partial charge in [-0.3, -0.25) is 4.21 Å². The van der Waals surface area contributed by atoms with E-state index in [9.17, 15) is 21.9 Å². The van der Waals surface area contributed by atoms with Crippen molar-refractivity contribution in [2.24, 2.45) is 0 Å². The summed E-state index contributed by atoms with van der Waals surface area (Å²) in [6, 6.07) is 3.08. The third-order valence-corrected chi connectivity index (χ3v) is 2.53. The monoisotopic (exact) mass is 259 g/mol. The largest absolute Gasteiger partial charge is 0.768 e. The summed E-state index contributed by atoms with van der Waals surface area (Å²) in [7, 11) is 0. The molecule has 3 nitrogen and oxygen atoms in total. The molecule has 0 radical (unpaired) electrons. The first-order valence-corrected chi connectivity index (χ1v) is 4.90. The minimum atomic E-state index is -4.91. The topological polar surface area (TPSA) is 49.4 Å². The van der Waals surface area contributed by atoms with Crippen molar-refractivity contribution in [1.82, 2.24) is 0 Å². The van der Waals surface area contributed by atoms with E-state index in [1.165, 1.54) is 0 Å². The number of hydrogen-bond donors (Lipinski definition) is 0. The van der Waals surface area contributed by atoms with Crippen LogP contribution in [0.15, 0.2) is 23.1 Å². The molecule has 0 saturated carbocycles. The van der Waals surface area contributed by atoms with Gasteiger partial charge < -0.3 is 9.29 Å². The van der Waals surface area contributed by atoms with E-state index in [1.54, 1.807) is 0 Å². The van der Waals surface area contributed by atoms with E-state index in [-0.39, 0.29) is 0 Å². The highest BCUT2D eigenvalue weighted by Crippen LogP contribution is 2.33. The van der Waals surface area contributed by atoms with Crippen molar-refractivity contribution in [1.29, 1.82) is 0 Å². The van der Waals surface area contributed by atoms with Crippen molar-refractivity contribution in [2.45, 2.75) is 11.3 Å². The zero-order valence-electron chi connectivity index (χ0n) is 6.88. The minimum absolute atomic E-state index is 0.446. The fraction of sp³-hybridized carbons (Fsp3) is 0.143. The Kier molecular flexibility index (Phi) is 3.58. The number of halogens is 4. The number of benzene rings is 1. The molecule has 0 bridgehead atoms. The molecule has 0 aliphatic rings. The van der Waals surface area contributed by atoms with Crippen molar-refractivity contribution >= 4 is 22.7 Å². The van der Waals surface area contributed by atoms with Gasteiger partial charge in [0.25, 0.3) is 0 Å². The summed E-state index contributed by atoms with van der Waals surface area (Å²) in [6.07, 6.45) is -4.91. The molecule has 8 heteroatoms. The normalized spacial score (nSPS) is 13.7. The summed E-state index contributed by atoms with van der Waals surface area (Å²) in [4.78, 5) is -0.446. The molecule has 1 unspecified atom stereocenters. The summed E-state index contributed by atoms with van der Waals surface area (Å²) in [5, 5.41) is -0.594. The maximum atomic E-state index is 11.8. The molecule has 1 aromatic rings. The van der Waals surface area contributed by atoms with Gasteiger partial charge >= 0.3 is 6.36 Å². The van der Waals surface area contributed by atoms with Crippen LogP contribution in [0.5, 0.6) is 5.75 Å². The van der Waals surface area contributed by atoms with E-state index in [2.05, 4.69) is 4.74 Å². The Hall–Kier alpha value is -0.790. The molecule has 0 aliphatic carbocycles. The highest BCUT2D eigenvalue weighted by Gasteiger charge is 2.32. The average molecular weight is 260 g/mol. The molecule has 0 amide bonds. The SMILES string of the molecule is O=S([O-])c1cccc(OC(F)(F)F)c1Cl. The maximum absolute atomic E-state index is 11.8. The Balaban J connectivity index is 3.10. The second-order valence-electron chi connectivity index (χ2n) is 2.35. The van der Waals surface area contributed by atoms with Crippen LogP contribution in [0.4, 0.5) is 13.2 Å². The third kappa shape index (κ3) is 3.37. The molecule has 15 heavy (non-hydrogen) atoms. The first-order valence-electron chi connectivity index (χ1n) is 3.45. The highest BCUT2D eigenvalue weighted by molar-refractivity contribution is 7.79. The predicted molar refractivity (Wildman–Crippen MR) is 45.3 cm³/mol. The van der Waals surface area contributed by atoms with Crippen molar-refractivity contribution in [3.63, 3.8) is 0 Å². The Morgan fingerprint density at radius 2 is 2.00 bits per heavy atom. The Morgan fingerprint density at radius 3 is 2.47 bits per heavy atom. The van der Waals surface area contributed by atoms with Crippen molar-refractivity contribution in [3.05, 3.63) is 23.2 Å². The van der Waals surface area contributed by atoms with Crippen LogP contribution in [0, 0.1) is 0 Å². The second kappa shape index (κ2) is 4.38. The lowest BCUT2D eigenvalue weighted by Crippen LogP contribution is -2.17. The van der Waals surface area contributed by atoms with Gasteiger partial charge in [0.15, 0.2) is 0 Å². The smallest absolute Gasteiger partial charge is 0.573 e. The first-order chi connectivity index (χ1) is 6.81. The molecule has 0 saturated heterocycles. The van der Waals surface area contributed by atoms with E-state index < -0.39 is 33.1 Å². The Bertz CT molecular complexity index is 394. The lowest BCUT2D eigenvalue weighted by Gasteiger charge is -2.13. The van der Waals surface area contributed by atoms with E-state index in [0.29, 0.717) is 0 Å².